The minimum absolute atomic E-state index is 0.223. The van der Waals surface area contributed by atoms with Crippen LogP contribution in [0.2, 0.25) is 0 Å². The molecule has 0 radical (unpaired) electrons. The van der Waals surface area contributed by atoms with Crippen LogP contribution >= 0.6 is 11.8 Å². The van der Waals surface area contributed by atoms with Crippen LogP contribution in [0.25, 0.3) is 11.4 Å². The van der Waals surface area contributed by atoms with Gasteiger partial charge in [-0.1, -0.05) is 6.07 Å². The summed E-state index contributed by atoms with van der Waals surface area (Å²) in [5.41, 5.74) is 6.01. The zero-order valence-corrected chi connectivity index (χ0v) is 19.9. The van der Waals surface area contributed by atoms with Crippen LogP contribution in [0.15, 0.2) is 48.9 Å². The highest BCUT2D eigenvalue weighted by atomic mass is 32.2. The Balaban J connectivity index is 1.67. The topological polar surface area (TPSA) is 110 Å². The van der Waals surface area contributed by atoms with Crippen LogP contribution in [0.3, 0.4) is 0 Å². The van der Waals surface area contributed by atoms with Crippen molar-refractivity contribution in [3.8, 4) is 11.4 Å². The number of hydrogen-bond acceptors (Lipinski definition) is 8. The SMILES string of the molecule is CNC(=O)c1cnc2cc1Nc1cc(cc(-c3ncn(C)n3)c1C)CSCc1cccc(n1)N2. The van der Waals surface area contributed by atoms with Crippen LogP contribution in [0.5, 0.6) is 0 Å². The molecule has 9 nitrogen and oxygen atoms in total. The van der Waals surface area contributed by atoms with E-state index in [-0.39, 0.29) is 5.91 Å². The van der Waals surface area contributed by atoms with E-state index in [4.69, 9.17) is 4.98 Å². The number of aromatic nitrogens is 5. The highest BCUT2D eigenvalue weighted by molar-refractivity contribution is 7.97. The molecule has 0 fully saturated rings. The molecule has 0 saturated carbocycles. The van der Waals surface area contributed by atoms with Crippen molar-refractivity contribution in [2.24, 2.45) is 7.05 Å². The van der Waals surface area contributed by atoms with Gasteiger partial charge in [-0.3, -0.25) is 9.48 Å². The van der Waals surface area contributed by atoms with Crippen molar-refractivity contribution in [1.29, 1.82) is 0 Å². The summed E-state index contributed by atoms with van der Waals surface area (Å²) in [5.74, 6) is 3.30. The normalized spacial score (nSPS) is 12.8. The van der Waals surface area contributed by atoms with Gasteiger partial charge in [0, 0.05) is 49.1 Å². The lowest BCUT2D eigenvalue weighted by Gasteiger charge is -2.18. The third-order valence-corrected chi connectivity index (χ3v) is 6.57. The van der Waals surface area contributed by atoms with E-state index in [1.165, 1.54) is 0 Å². The Hall–Kier alpha value is -3.92. The van der Waals surface area contributed by atoms with Crippen molar-refractivity contribution in [3.63, 3.8) is 0 Å². The quantitative estimate of drug-likeness (QED) is 0.399. The highest BCUT2D eigenvalue weighted by Gasteiger charge is 2.17. The lowest BCUT2D eigenvalue weighted by Crippen LogP contribution is -2.19. The molecule has 0 spiro atoms. The lowest BCUT2D eigenvalue weighted by molar-refractivity contribution is 0.0963. The third-order valence-electron chi connectivity index (χ3n) is 5.53. The van der Waals surface area contributed by atoms with Gasteiger partial charge in [-0.2, -0.15) is 16.9 Å². The summed E-state index contributed by atoms with van der Waals surface area (Å²) >= 11 is 1.78. The molecular formula is C24H24N8OS. The van der Waals surface area contributed by atoms with Crippen molar-refractivity contribution in [2.45, 2.75) is 18.4 Å². The van der Waals surface area contributed by atoms with E-state index in [1.807, 2.05) is 38.2 Å². The molecule has 4 aromatic rings. The minimum atomic E-state index is -0.223. The number of rotatable bonds is 2. The average molecular weight is 473 g/mol. The zero-order chi connectivity index (χ0) is 23.7. The lowest BCUT2D eigenvalue weighted by atomic mass is 10.0. The number of pyridine rings is 2. The van der Waals surface area contributed by atoms with Gasteiger partial charge in [-0.05, 0) is 42.3 Å². The summed E-state index contributed by atoms with van der Waals surface area (Å²) in [6, 6.07) is 12.0. The van der Waals surface area contributed by atoms with E-state index in [2.05, 4.69) is 43.1 Å². The number of carbonyl (C=O) groups excluding carboxylic acids is 1. The van der Waals surface area contributed by atoms with E-state index in [1.54, 1.807) is 36.0 Å². The molecule has 1 aliphatic heterocycles. The van der Waals surface area contributed by atoms with Crippen molar-refractivity contribution >= 4 is 40.7 Å². The van der Waals surface area contributed by atoms with Gasteiger partial charge in [0.05, 0.1) is 16.9 Å². The molecule has 3 N–H and O–H groups in total. The Morgan fingerprint density at radius 1 is 1.09 bits per heavy atom. The molecule has 5 rings (SSSR count). The van der Waals surface area contributed by atoms with Crippen molar-refractivity contribution in [1.82, 2.24) is 30.0 Å². The number of fused-ring (bicyclic) bond motifs is 6. The first-order valence-electron chi connectivity index (χ1n) is 10.8. The second-order valence-corrected chi connectivity index (χ2v) is 8.99. The smallest absolute Gasteiger partial charge is 0.254 e. The highest BCUT2D eigenvalue weighted by Crippen LogP contribution is 2.34. The molecule has 4 heterocycles. The molecule has 1 aromatic carbocycles. The second kappa shape index (κ2) is 9.14. The summed E-state index contributed by atoms with van der Waals surface area (Å²) in [7, 11) is 3.46. The van der Waals surface area contributed by atoms with Crippen molar-refractivity contribution < 1.29 is 4.79 Å². The fraction of sp³-hybridized carbons (Fsp3) is 0.208. The second-order valence-electron chi connectivity index (χ2n) is 8.01. The monoisotopic (exact) mass is 472 g/mol. The van der Waals surface area contributed by atoms with Gasteiger partial charge in [0.25, 0.3) is 5.91 Å². The molecule has 0 aliphatic carbocycles. The van der Waals surface area contributed by atoms with Gasteiger partial charge in [-0.15, -0.1) is 0 Å². The summed E-state index contributed by atoms with van der Waals surface area (Å²) < 4.78 is 1.69. The summed E-state index contributed by atoms with van der Waals surface area (Å²) in [6.45, 7) is 2.03. The zero-order valence-electron chi connectivity index (χ0n) is 19.1. The predicted octanol–water partition coefficient (Wildman–Crippen LogP) is 4.17. The van der Waals surface area contributed by atoms with Crippen LogP contribution in [0.1, 0.15) is 27.2 Å². The molecule has 1 aliphatic rings. The largest absolute Gasteiger partial charge is 0.355 e. The minimum Gasteiger partial charge on any atom is -0.355 e. The van der Waals surface area contributed by atoms with Gasteiger partial charge >= 0.3 is 0 Å². The Labute approximate surface area is 201 Å². The number of thioether (sulfide) groups is 1. The maximum absolute atomic E-state index is 12.6. The van der Waals surface area contributed by atoms with E-state index in [0.29, 0.717) is 28.7 Å². The number of anilines is 4. The predicted molar refractivity (Wildman–Crippen MR) is 135 cm³/mol. The van der Waals surface area contributed by atoms with Crippen LogP contribution < -0.4 is 16.0 Å². The third kappa shape index (κ3) is 4.44. The maximum Gasteiger partial charge on any atom is 0.254 e. The molecule has 3 aromatic heterocycles. The molecule has 1 amide bonds. The molecule has 34 heavy (non-hydrogen) atoms. The summed E-state index contributed by atoms with van der Waals surface area (Å²) in [5, 5.41) is 13.9. The average Bonchev–Trinajstić information content (AvgIpc) is 3.26. The first kappa shape index (κ1) is 21.9. The fourth-order valence-electron chi connectivity index (χ4n) is 3.80. The Morgan fingerprint density at radius 2 is 1.97 bits per heavy atom. The number of carbonyl (C=O) groups is 1. The number of nitrogens with zero attached hydrogens (tertiary/aromatic N) is 5. The van der Waals surface area contributed by atoms with Crippen molar-refractivity contribution in [3.05, 3.63) is 71.3 Å². The Bertz CT molecular complexity index is 1380. The van der Waals surface area contributed by atoms with E-state index < -0.39 is 0 Å². The first-order chi connectivity index (χ1) is 16.5. The maximum atomic E-state index is 12.6. The number of benzene rings is 1. The Kier molecular flexibility index (Phi) is 5.89. The molecule has 0 unspecified atom stereocenters. The Morgan fingerprint density at radius 3 is 2.76 bits per heavy atom. The first-order valence-corrected chi connectivity index (χ1v) is 11.9. The van der Waals surface area contributed by atoms with Crippen LogP contribution in [0, 0.1) is 6.92 Å². The molecular weight excluding hydrogens is 448 g/mol. The van der Waals surface area contributed by atoms with Gasteiger partial charge < -0.3 is 16.0 Å². The number of aryl methyl sites for hydroxylation is 1. The fourth-order valence-corrected chi connectivity index (χ4v) is 4.68. The molecule has 6 bridgehead atoms. The van der Waals surface area contributed by atoms with E-state index in [0.717, 1.165) is 39.6 Å². The van der Waals surface area contributed by atoms with E-state index >= 15 is 0 Å². The van der Waals surface area contributed by atoms with Crippen LogP contribution in [-0.2, 0) is 18.6 Å². The van der Waals surface area contributed by atoms with E-state index in [9.17, 15) is 4.79 Å². The number of nitrogens with one attached hydrogen (secondary N) is 3. The molecule has 0 saturated heterocycles. The van der Waals surface area contributed by atoms with Gasteiger partial charge in [0.1, 0.15) is 18.0 Å². The molecule has 172 valence electrons. The standard InChI is InChI=1S/C24H24N8OS/c1-14-17(23-27-13-32(3)31-23)7-15-8-19(14)29-20-9-22(26-10-18(20)24(33)25-2)30-21-6-4-5-16(28-21)12-34-11-15/h4-10,13,29H,11-12H2,1-3H3,(H,25,33)(H,26,28,30). The van der Waals surface area contributed by atoms with Gasteiger partial charge in [-0.25, -0.2) is 15.0 Å². The molecule has 0 atom stereocenters. The van der Waals surface area contributed by atoms with Crippen molar-refractivity contribution in [2.75, 3.05) is 17.7 Å². The number of amides is 1. The van der Waals surface area contributed by atoms with Gasteiger partial charge in [0.15, 0.2) is 5.82 Å². The summed E-state index contributed by atoms with van der Waals surface area (Å²) in [4.78, 5) is 26.2. The van der Waals surface area contributed by atoms with Crippen LogP contribution in [0.4, 0.5) is 23.0 Å². The van der Waals surface area contributed by atoms with Crippen LogP contribution in [-0.4, -0.2) is 37.7 Å². The molecule has 10 heteroatoms. The van der Waals surface area contributed by atoms with Gasteiger partial charge in [0.2, 0.25) is 0 Å². The number of hydrogen-bond donors (Lipinski definition) is 3. The summed E-state index contributed by atoms with van der Waals surface area (Å²) in [6.07, 6.45) is 3.26.